The lowest BCUT2D eigenvalue weighted by Crippen LogP contribution is -2.35. The number of carbonyl (C=O) groups is 2. The Bertz CT molecular complexity index is 717. The van der Waals surface area contributed by atoms with Crippen molar-refractivity contribution in [2.45, 2.75) is 6.42 Å². The number of hydrogen-bond donors (Lipinski definition) is 3. The van der Waals surface area contributed by atoms with E-state index in [2.05, 4.69) is 16.0 Å². The third-order valence-corrected chi connectivity index (χ3v) is 3.31. The van der Waals surface area contributed by atoms with Crippen LogP contribution in [0.15, 0.2) is 54.6 Å². The van der Waals surface area contributed by atoms with Gasteiger partial charge in [0, 0.05) is 7.05 Å². The Hall–Kier alpha value is -2.73. The molecule has 0 aliphatic heterocycles. The smallest absolute Gasteiger partial charge is 0.253 e. The highest BCUT2D eigenvalue weighted by atomic mass is 32.1. The molecule has 0 unspecified atom stereocenters. The molecule has 0 aliphatic rings. The van der Waals surface area contributed by atoms with E-state index in [1.54, 1.807) is 31.3 Å². The lowest BCUT2D eigenvalue weighted by Gasteiger charge is -2.12. The largest absolute Gasteiger partial charge is 0.355 e. The first-order chi connectivity index (χ1) is 11.1. The van der Waals surface area contributed by atoms with E-state index in [4.69, 9.17) is 12.2 Å². The van der Waals surface area contributed by atoms with Gasteiger partial charge in [-0.05, 0) is 29.9 Å². The first-order valence-electron chi connectivity index (χ1n) is 7.06. The Balaban J connectivity index is 1.97. The Morgan fingerprint density at radius 3 is 2.35 bits per heavy atom. The van der Waals surface area contributed by atoms with Gasteiger partial charge in [0.05, 0.1) is 17.7 Å². The molecule has 0 fully saturated rings. The van der Waals surface area contributed by atoms with Crippen molar-refractivity contribution in [1.29, 1.82) is 0 Å². The lowest BCUT2D eigenvalue weighted by molar-refractivity contribution is -0.119. The van der Waals surface area contributed by atoms with E-state index in [-0.39, 0.29) is 23.3 Å². The van der Waals surface area contributed by atoms with Gasteiger partial charge in [-0.25, -0.2) is 0 Å². The highest BCUT2D eigenvalue weighted by Crippen LogP contribution is 2.14. The van der Waals surface area contributed by atoms with Gasteiger partial charge in [0.15, 0.2) is 5.11 Å². The third kappa shape index (κ3) is 4.89. The molecular formula is C17H17N3O2S. The number of amides is 2. The van der Waals surface area contributed by atoms with Gasteiger partial charge in [0.25, 0.3) is 5.91 Å². The molecular weight excluding hydrogens is 310 g/mol. The number of rotatable bonds is 4. The van der Waals surface area contributed by atoms with Crippen LogP contribution in [0.3, 0.4) is 0 Å². The van der Waals surface area contributed by atoms with Crippen molar-refractivity contribution in [3.8, 4) is 0 Å². The van der Waals surface area contributed by atoms with Crippen molar-refractivity contribution >= 4 is 34.8 Å². The molecule has 0 atom stereocenters. The summed E-state index contributed by atoms with van der Waals surface area (Å²) in [6.07, 6.45) is 0.236. The van der Waals surface area contributed by atoms with Crippen molar-refractivity contribution in [2.75, 3.05) is 12.4 Å². The molecule has 3 N–H and O–H groups in total. The molecule has 2 aromatic rings. The van der Waals surface area contributed by atoms with E-state index in [0.29, 0.717) is 11.3 Å². The normalized spacial score (nSPS) is 9.78. The van der Waals surface area contributed by atoms with E-state index in [1.807, 2.05) is 30.3 Å². The average Bonchev–Trinajstić information content (AvgIpc) is 2.55. The lowest BCUT2D eigenvalue weighted by atomic mass is 10.1. The van der Waals surface area contributed by atoms with Gasteiger partial charge in [-0.3, -0.25) is 9.59 Å². The topological polar surface area (TPSA) is 70.2 Å². The summed E-state index contributed by atoms with van der Waals surface area (Å²) in [4.78, 5) is 23.8. The van der Waals surface area contributed by atoms with Crippen LogP contribution in [-0.4, -0.2) is 24.0 Å². The molecule has 2 amide bonds. The predicted molar refractivity (Wildman–Crippen MR) is 94.3 cm³/mol. The molecule has 23 heavy (non-hydrogen) atoms. The fraction of sp³-hybridized carbons (Fsp3) is 0.118. The second kappa shape index (κ2) is 8.05. The number of nitrogens with one attached hydrogen (secondary N) is 3. The maximum atomic E-state index is 12.0. The van der Waals surface area contributed by atoms with Crippen LogP contribution in [0.5, 0.6) is 0 Å². The zero-order valence-electron chi connectivity index (χ0n) is 12.6. The molecule has 0 radical (unpaired) electrons. The van der Waals surface area contributed by atoms with E-state index in [0.717, 1.165) is 5.56 Å². The summed E-state index contributed by atoms with van der Waals surface area (Å²) in [6, 6.07) is 16.3. The Kier molecular flexibility index (Phi) is 5.82. The van der Waals surface area contributed by atoms with Gasteiger partial charge in [-0.2, -0.15) is 0 Å². The number of thiocarbonyl (C=S) groups is 1. The summed E-state index contributed by atoms with van der Waals surface area (Å²) in [5.41, 5.74) is 1.89. The Morgan fingerprint density at radius 2 is 1.65 bits per heavy atom. The SMILES string of the molecule is CNC(=O)c1ccccc1NC(=S)NC(=O)Cc1ccccc1. The average molecular weight is 327 g/mol. The second-order valence-corrected chi connectivity index (χ2v) is 5.20. The number of anilines is 1. The van der Waals surface area contributed by atoms with E-state index >= 15 is 0 Å². The maximum Gasteiger partial charge on any atom is 0.253 e. The monoisotopic (exact) mass is 327 g/mol. The van der Waals surface area contributed by atoms with Gasteiger partial charge in [-0.1, -0.05) is 42.5 Å². The number of benzene rings is 2. The van der Waals surface area contributed by atoms with Crippen LogP contribution in [-0.2, 0) is 11.2 Å². The fourth-order valence-corrected chi connectivity index (χ4v) is 2.25. The molecule has 0 bridgehead atoms. The Labute approximate surface area is 140 Å². The summed E-state index contributed by atoms with van der Waals surface area (Å²) in [7, 11) is 1.55. The van der Waals surface area contributed by atoms with Crippen molar-refractivity contribution in [2.24, 2.45) is 0 Å². The summed E-state index contributed by atoms with van der Waals surface area (Å²) >= 11 is 5.14. The maximum absolute atomic E-state index is 12.0. The standard InChI is InChI=1S/C17H17N3O2S/c1-18-16(22)13-9-5-6-10-14(13)19-17(23)20-15(21)11-12-7-3-2-4-8-12/h2-10H,11H2,1H3,(H,18,22)(H2,19,20,21,23). The predicted octanol–water partition coefficient (Wildman–Crippen LogP) is 2.10. The molecule has 0 aliphatic carbocycles. The van der Waals surface area contributed by atoms with Crippen LogP contribution in [0.25, 0.3) is 0 Å². The van der Waals surface area contributed by atoms with Crippen molar-refractivity contribution in [1.82, 2.24) is 10.6 Å². The van der Waals surface area contributed by atoms with Crippen LogP contribution >= 0.6 is 12.2 Å². The first kappa shape index (κ1) is 16.6. The molecule has 0 spiro atoms. The molecule has 0 saturated heterocycles. The minimum absolute atomic E-state index is 0.155. The van der Waals surface area contributed by atoms with Gasteiger partial charge < -0.3 is 16.0 Å². The van der Waals surface area contributed by atoms with E-state index in [1.165, 1.54) is 0 Å². The van der Waals surface area contributed by atoms with Crippen LogP contribution in [0.1, 0.15) is 15.9 Å². The zero-order valence-corrected chi connectivity index (χ0v) is 13.4. The molecule has 0 aromatic heterocycles. The van der Waals surface area contributed by atoms with Crippen LogP contribution < -0.4 is 16.0 Å². The van der Waals surface area contributed by atoms with Crippen molar-refractivity contribution in [3.05, 3.63) is 65.7 Å². The molecule has 0 heterocycles. The van der Waals surface area contributed by atoms with Crippen LogP contribution in [0.2, 0.25) is 0 Å². The Morgan fingerprint density at radius 1 is 1.00 bits per heavy atom. The van der Waals surface area contributed by atoms with Crippen LogP contribution in [0.4, 0.5) is 5.69 Å². The molecule has 5 nitrogen and oxygen atoms in total. The molecule has 118 valence electrons. The second-order valence-electron chi connectivity index (χ2n) is 4.79. The number of hydrogen-bond acceptors (Lipinski definition) is 3. The highest BCUT2D eigenvalue weighted by Gasteiger charge is 2.11. The number of para-hydroxylation sites is 1. The van der Waals surface area contributed by atoms with Gasteiger partial charge in [0.2, 0.25) is 5.91 Å². The minimum Gasteiger partial charge on any atom is -0.355 e. The molecule has 2 aromatic carbocycles. The van der Waals surface area contributed by atoms with E-state index in [9.17, 15) is 9.59 Å². The van der Waals surface area contributed by atoms with Crippen molar-refractivity contribution in [3.63, 3.8) is 0 Å². The van der Waals surface area contributed by atoms with Crippen molar-refractivity contribution < 1.29 is 9.59 Å². The highest BCUT2D eigenvalue weighted by molar-refractivity contribution is 7.80. The molecule has 0 saturated carbocycles. The third-order valence-electron chi connectivity index (χ3n) is 3.11. The number of carbonyl (C=O) groups excluding carboxylic acids is 2. The molecule has 2 rings (SSSR count). The fourth-order valence-electron chi connectivity index (χ4n) is 2.03. The van der Waals surface area contributed by atoms with Gasteiger partial charge >= 0.3 is 0 Å². The summed E-state index contributed by atoms with van der Waals surface area (Å²) in [6.45, 7) is 0. The first-order valence-corrected chi connectivity index (χ1v) is 7.47. The zero-order chi connectivity index (χ0) is 16.7. The summed E-state index contributed by atoms with van der Waals surface area (Å²) < 4.78 is 0. The quantitative estimate of drug-likeness (QED) is 0.752. The van der Waals surface area contributed by atoms with Gasteiger partial charge in [0.1, 0.15) is 0 Å². The summed E-state index contributed by atoms with van der Waals surface area (Å²) in [5, 5.41) is 8.21. The summed E-state index contributed by atoms with van der Waals surface area (Å²) in [5.74, 6) is -0.447. The van der Waals surface area contributed by atoms with Gasteiger partial charge in [-0.15, -0.1) is 0 Å². The minimum atomic E-state index is -0.230. The molecule has 6 heteroatoms. The van der Waals surface area contributed by atoms with E-state index < -0.39 is 0 Å². The van der Waals surface area contributed by atoms with Crippen LogP contribution in [0, 0.1) is 0 Å².